The van der Waals surface area contributed by atoms with Gasteiger partial charge in [0.05, 0.1) is 27.6 Å². The molecule has 3 N–H and O–H groups in total. The molecule has 0 fully saturated rings. The number of fused-ring (bicyclic) bond motifs is 6. The van der Waals surface area contributed by atoms with Crippen molar-refractivity contribution in [3.8, 4) is 44.8 Å². The Morgan fingerprint density at radius 3 is 1.34 bits per heavy atom. The van der Waals surface area contributed by atoms with Gasteiger partial charge in [0, 0.05) is 49.6 Å². The lowest BCUT2D eigenvalue weighted by Gasteiger charge is -2.18. The molecule has 11 aromatic rings. The summed E-state index contributed by atoms with van der Waals surface area (Å²) >= 11 is 0. The van der Waals surface area contributed by atoms with Crippen LogP contribution in [0.25, 0.3) is 88.4 Å². The van der Waals surface area contributed by atoms with E-state index >= 15 is 0 Å². The average Bonchev–Trinajstić information content (AvgIpc) is 3.85. The predicted octanol–water partition coefficient (Wildman–Crippen LogP) is 12.4. The number of nitrogens with zero attached hydrogens (tertiary/aromatic N) is 2. The van der Waals surface area contributed by atoms with Crippen LogP contribution in [0.1, 0.15) is 11.1 Å². The zero-order valence-corrected chi connectivity index (χ0v) is 33.2. The van der Waals surface area contributed by atoms with Crippen LogP contribution in [-0.2, 0) is 4.74 Å². The number of ether oxygens (including phenoxy) is 1. The highest BCUT2D eigenvalue weighted by Gasteiger charge is 2.29. The molecule has 0 aliphatic carbocycles. The molecule has 9 aromatic carbocycles. The number of nitrogens with one attached hydrogen (secondary N) is 1. The third kappa shape index (κ3) is 6.02. The van der Waals surface area contributed by atoms with Crippen molar-refractivity contribution in [3.63, 3.8) is 0 Å². The Morgan fingerprint density at radius 2 is 0.820 bits per heavy atom. The Kier molecular flexibility index (Phi) is 8.72. The minimum absolute atomic E-state index is 0.0126. The van der Waals surface area contributed by atoms with E-state index in [1.807, 2.05) is 54.6 Å². The second-order valence-electron chi connectivity index (χ2n) is 15.3. The molecule has 61 heavy (non-hydrogen) atoms. The molecule has 0 atom stereocenters. The minimum atomic E-state index is -0.0126. The molecule has 0 amide bonds. The monoisotopic (exact) mass is 783 g/mol. The van der Waals surface area contributed by atoms with Crippen molar-refractivity contribution in [2.24, 2.45) is 0 Å². The van der Waals surface area contributed by atoms with Crippen LogP contribution < -0.4 is 5.41 Å². The summed E-state index contributed by atoms with van der Waals surface area (Å²) in [5, 5.41) is 20.2. The van der Waals surface area contributed by atoms with E-state index in [4.69, 9.17) is 15.6 Å². The number of benzene rings is 9. The van der Waals surface area contributed by atoms with Gasteiger partial charge in [-0.25, -0.2) is 5.41 Å². The van der Waals surface area contributed by atoms with Gasteiger partial charge in [-0.2, -0.15) is 0 Å². The van der Waals surface area contributed by atoms with E-state index in [-0.39, 0.29) is 11.8 Å². The maximum Gasteiger partial charge on any atom is 0.373 e. The zero-order chi connectivity index (χ0) is 40.9. The van der Waals surface area contributed by atoms with E-state index in [0.29, 0.717) is 11.1 Å². The van der Waals surface area contributed by atoms with E-state index in [1.54, 1.807) is 0 Å². The van der Waals surface area contributed by atoms with Crippen molar-refractivity contribution in [3.05, 3.63) is 230 Å². The topological polar surface area (TPSA) is 68.5 Å². The van der Waals surface area contributed by atoms with Crippen LogP contribution in [0.5, 0.6) is 0 Å². The third-order valence-electron chi connectivity index (χ3n) is 11.7. The van der Waals surface area contributed by atoms with Crippen molar-refractivity contribution >= 4 is 55.4 Å². The van der Waals surface area contributed by atoms with Crippen molar-refractivity contribution in [2.45, 2.75) is 0 Å². The molecule has 0 spiro atoms. The maximum absolute atomic E-state index is 8.85. The number of rotatable bonds is 7. The molecule has 5 nitrogen and oxygen atoms in total. The van der Waals surface area contributed by atoms with Gasteiger partial charge in [0.2, 0.25) is 5.90 Å². The van der Waals surface area contributed by atoms with Gasteiger partial charge in [-0.15, -0.1) is 0 Å². The van der Waals surface area contributed by atoms with E-state index in [0.717, 1.165) is 61.1 Å². The molecule has 0 aliphatic heterocycles. The lowest BCUT2D eigenvalue weighted by Crippen LogP contribution is -2.43. The zero-order valence-electron chi connectivity index (χ0n) is 33.2. The van der Waals surface area contributed by atoms with Crippen LogP contribution in [0, 0.1) is 5.41 Å². The van der Waals surface area contributed by atoms with E-state index in [1.165, 1.54) is 27.2 Å². The summed E-state index contributed by atoms with van der Waals surface area (Å²) in [6.07, 6.45) is 0. The molecule has 0 saturated carbocycles. The molecule has 0 radical (unpaired) electrons. The highest BCUT2D eigenvalue weighted by Crippen LogP contribution is 2.51. The Balaban J connectivity index is 1.14. The number of aromatic nitrogens is 2. The van der Waals surface area contributed by atoms with Crippen LogP contribution in [0.15, 0.2) is 218 Å². The van der Waals surface area contributed by atoms with Crippen LogP contribution in [0.3, 0.4) is 0 Å². The lowest BCUT2D eigenvalue weighted by molar-refractivity contribution is -0.130. The number of nitrogens with two attached hydrogens (primary N) is 1. The average molecular weight is 784 g/mol. The molecule has 2 aromatic heterocycles. The third-order valence-corrected chi connectivity index (χ3v) is 11.7. The number of hydrogen-bond acceptors (Lipinski definition) is 2. The van der Waals surface area contributed by atoms with Crippen LogP contribution in [0.4, 0.5) is 0 Å². The smallest absolute Gasteiger partial charge is 0.373 e. The summed E-state index contributed by atoms with van der Waals surface area (Å²) in [4.78, 5) is 0. The number of hydrogen-bond donors (Lipinski definition) is 2. The molecular weight excluding hydrogens is 745 g/mol. The van der Waals surface area contributed by atoms with Crippen LogP contribution >= 0.6 is 0 Å². The first-order chi connectivity index (χ1) is 30.1. The Hall–Kier alpha value is -8.28. The van der Waals surface area contributed by atoms with Crippen molar-refractivity contribution in [2.75, 3.05) is 0 Å². The van der Waals surface area contributed by atoms with Crippen molar-refractivity contribution in [1.82, 2.24) is 9.13 Å². The van der Waals surface area contributed by atoms with Gasteiger partial charge in [0.25, 0.3) is 0 Å². The summed E-state index contributed by atoms with van der Waals surface area (Å²) < 4.78 is 10.9. The van der Waals surface area contributed by atoms with Gasteiger partial charge >= 0.3 is 5.90 Å². The first-order valence-corrected chi connectivity index (χ1v) is 20.5. The largest absolute Gasteiger partial charge is 0.386 e. The molecule has 5 heteroatoms. The first kappa shape index (κ1) is 35.8. The lowest BCUT2D eigenvalue weighted by atomic mass is 9.90. The van der Waals surface area contributed by atoms with E-state index in [9.17, 15) is 0 Å². The standard InChI is InChI=1S/C56H38N4O/c57-55(61-56(58)42-25-17-24-41(36-42)37-18-5-1-6-19-37)40-32-34-44(35-33-40)60-48-31-16-14-29-46(48)52-49(38-20-7-2-8-21-38)53-51(50(54(52)60)39-22-9-3-10-23-39)45-28-13-15-30-47(45)59(53)43-26-11-4-12-27-43/h1-36,57-58H/p+1. The molecule has 2 heterocycles. The van der Waals surface area contributed by atoms with E-state index < -0.39 is 0 Å². The van der Waals surface area contributed by atoms with E-state index in [2.05, 4.69) is 173 Å². The fourth-order valence-corrected chi connectivity index (χ4v) is 9.05. The Morgan fingerprint density at radius 1 is 0.393 bits per heavy atom. The summed E-state index contributed by atoms with van der Waals surface area (Å²) in [6.45, 7) is 0. The summed E-state index contributed by atoms with van der Waals surface area (Å²) in [7, 11) is 0. The molecule has 0 saturated heterocycles. The van der Waals surface area contributed by atoms with Gasteiger partial charge in [-0.3, -0.25) is 5.41 Å². The Bertz CT molecular complexity index is 3440. The van der Waals surface area contributed by atoms with Gasteiger partial charge < -0.3 is 13.9 Å². The Labute approximate surface area is 353 Å². The van der Waals surface area contributed by atoms with Gasteiger partial charge in [-0.05, 0) is 82.9 Å². The summed E-state index contributed by atoms with van der Waals surface area (Å²) in [6, 6.07) is 76.0. The highest BCUT2D eigenvalue weighted by molar-refractivity contribution is 6.33. The van der Waals surface area contributed by atoms with Crippen molar-refractivity contribution < 1.29 is 10.1 Å². The van der Waals surface area contributed by atoms with Crippen LogP contribution in [0.2, 0.25) is 0 Å². The van der Waals surface area contributed by atoms with Gasteiger partial charge in [-0.1, -0.05) is 158 Å². The van der Waals surface area contributed by atoms with Gasteiger partial charge in [0.1, 0.15) is 0 Å². The van der Waals surface area contributed by atoms with Gasteiger partial charge in [0.15, 0.2) is 0 Å². The molecule has 288 valence electrons. The summed E-state index contributed by atoms with van der Waals surface area (Å²) in [5.74, 6) is 0.150. The normalized spacial score (nSPS) is 11.4. The molecular formula is C56H39N4O+. The number of para-hydroxylation sites is 3. The fourth-order valence-electron chi connectivity index (χ4n) is 9.05. The SMILES string of the molecule is N=C(OC(=[NH2+])c1ccc(-n2c3ccccc3c3c(-c4ccccc4)c4c(c(-c5ccccc5)c32)c2ccccc2n4-c2ccccc2)cc1)c1cccc(-c2ccccc2)c1. The second-order valence-corrected chi connectivity index (χ2v) is 15.3. The second kappa shape index (κ2) is 14.8. The molecule has 0 bridgehead atoms. The molecule has 11 rings (SSSR count). The minimum Gasteiger partial charge on any atom is -0.386 e. The quantitative estimate of drug-likeness (QED) is 0.123. The van der Waals surface area contributed by atoms with Crippen molar-refractivity contribution in [1.29, 1.82) is 5.41 Å². The fraction of sp³-hybridized carbons (Fsp3) is 0. The summed E-state index contributed by atoms with van der Waals surface area (Å²) in [5.41, 5.74) is 14.7. The predicted molar refractivity (Wildman–Crippen MR) is 252 cm³/mol. The highest BCUT2D eigenvalue weighted by atomic mass is 16.5. The first-order valence-electron chi connectivity index (χ1n) is 20.5. The molecule has 0 unspecified atom stereocenters. The molecule has 0 aliphatic rings. The maximum atomic E-state index is 8.85. The van der Waals surface area contributed by atoms with Crippen LogP contribution in [-0.4, -0.2) is 20.9 Å².